The van der Waals surface area contributed by atoms with Gasteiger partial charge in [-0.05, 0) is 17.0 Å². The number of nitrogens with one attached hydrogen (secondary N) is 1. The molecule has 2 aromatic rings. The summed E-state index contributed by atoms with van der Waals surface area (Å²) >= 11 is 0.974. The molecule has 1 atom stereocenters. The number of hydrogen-bond donors (Lipinski definition) is 3. The second kappa shape index (κ2) is 5.77. The van der Waals surface area contributed by atoms with E-state index >= 15 is 0 Å². The zero-order valence-corrected chi connectivity index (χ0v) is 12.6. The van der Waals surface area contributed by atoms with Crippen LogP contribution in [0.4, 0.5) is 0 Å². The molecule has 0 aliphatic heterocycles. The fourth-order valence-corrected chi connectivity index (χ4v) is 5.18. The van der Waals surface area contributed by atoms with Gasteiger partial charge in [0.2, 0.25) is 0 Å². The number of thiophene rings is 1. The zero-order valence-electron chi connectivity index (χ0n) is 10.1. The van der Waals surface area contributed by atoms with Crippen molar-refractivity contribution in [1.29, 1.82) is 0 Å². The summed E-state index contributed by atoms with van der Waals surface area (Å²) in [6.07, 6.45) is 0. The van der Waals surface area contributed by atoms with Crippen LogP contribution >= 0.6 is 18.9 Å². The first-order valence-corrected chi connectivity index (χ1v) is 9.51. The third-order valence-corrected chi connectivity index (χ3v) is 6.57. The molecule has 108 valence electrons. The van der Waals surface area contributed by atoms with Gasteiger partial charge < -0.3 is 9.79 Å². The third-order valence-electron chi connectivity index (χ3n) is 2.48. The lowest BCUT2D eigenvalue weighted by Crippen LogP contribution is -2.28. The summed E-state index contributed by atoms with van der Waals surface area (Å²) in [4.78, 5) is 18.8. The monoisotopic (exact) mass is 333 g/mol. The van der Waals surface area contributed by atoms with E-state index in [1.807, 2.05) is 0 Å². The Hall–Kier alpha value is -1.02. The summed E-state index contributed by atoms with van der Waals surface area (Å²) in [6, 6.07) is 10.7. The van der Waals surface area contributed by atoms with Gasteiger partial charge in [-0.2, -0.15) is 4.72 Å². The van der Waals surface area contributed by atoms with E-state index in [4.69, 9.17) is 0 Å². The first-order chi connectivity index (χ1) is 9.31. The van der Waals surface area contributed by atoms with Crippen molar-refractivity contribution in [2.45, 2.75) is 9.99 Å². The highest BCUT2D eigenvalue weighted by molar-refractivity contribution is 7.91. The topological polar surface area (TPSA) is 104 Å². The molecule has 0 saturated heterocycles. The molecule has 9 heteroatoms. The molecule has 0 aliphatic rings. The minimum atomic E-state index is -4.68. The van der Waals surface area contributed by atoms with E-state index in [0.717, 1.165) is 11.3 Å². The molecular weight excluding hydrogens is 321 g/mol. The van der Waals surface area contributed by atoms with Crippen molar-refractivity contribution in [1.82, 2.24) is 4.72 Å². The molecule has 0 bridgehead atoms. The molecule has 1 aromatic heterocycles. The first-order valence-electron chi connectivity index (χ1n) is 5.47. The van der Waals surface area contributed by atoms with Crippen molar-refractivity contribution in [3.05, 3.63) is 53.4 Å². The number of sulfonamides is 1. The van der Waals surface area contributed by atoms with Crippen molar-refractivity contribution in [2.24, 2.45) is 0 Å². The van der Waals surface area contributed by atoms with Crippen LogP contribution in [0, 0.1) is 0 Å². The van der Waals surface area contributed by atoms with Gasteiger partial charge in [0.1, 0.15) is 9.99 Å². The molecule has 1 aromatic carbocycles. The van der Waals surface area contributed by atoms with Gasteiger partial charge in [-0.15, -0.1) is 11.3 Å². The highest BCUT2D eigenvalue weighted by atomic mass is 32.2. The van der Waals surface area contributed by atoms with Crippen molar-refractivity contribution < 1.29 is 22.8 Å². The van der Waals surface area contributed by atoms with Gasteiger partial charge in [-0.25, -0.2) is 8.42 Å². The molecular formula is C11H12NO5PS2. The molecule has 1 heterocycles. The number of rotatable bonds is 5. The van der Waals surface area contributed by atoms with Crippen LogP contribution in [-0.2, 0) is 14.6 Å². The van der Waals surface area contributed by atoms with Crippen molar-refractivity contribution >= 4 is 29.0 Å². The Balaban J connectivity index is 2.38. The van der Waals surface area contributed by atoms with Gasteiger partial charge >= 0.3 is 7.60 Å². The quantitative estimate of drug-likeness (QED) is 0.725. The lowest BCUT2D eigenvalue weighted by molar-refractivity contribution is 0.355. The maximum atomic E-state index is 12.1. The van der Waals surface area contributed by atoms with E-state index in [-0.39, 0.29) is 9.77 Å². The number of benzene rings is 1. The van der Waals surface area contributed by atoms with Gasteiger partial charge in [-0.3, -0.25) is 4.57 Å². The Morgan fingerprint density at radius 1 is 1.10 bits per heavy atom. The summed E-state index contributed by atoms with van der Waals surface area (Å²) in [5.41, 5.74) is 0.209. The maximum absolute atomic E-state index is 12.1. The predicted octanol–water partition coefficient (Wildman–Crippen LogP) is 1.90. The second-order valence-electron chi connectivity index (χ2n) is 3.96. The number of hydrogen-bond acceptors (Lipinski definition) is 4. The Labute approximate surface area is 120 Å². The minimum absolute atomic E-state index is 0.00637. The molecule has 3 N–H and O–H groups in total. The Morgan fingerprint density at radius 2 is 1.75 bits per heavy atom. The van der Waals surface area contributed by atoms with E-state index < -0.39 is 23.4 Å². The summed E-state index contributed by atoms with van der Waals surface area (Å²) < 4.78 is 37.8. The highest BCUT2D eigenvalue weighted by Gasteiger charge is 2.34. The van der Waals surface area contributed by atoms with Crippen LogP contribution in [0.25, 0.3) is 0 Å². The van der Waals surface area contributed by atoms with Crippen LogP contribution in [0.1, 0.15) is 11.3 Å². The van der Waals surface area contributed by atoms with Crippen molar-refractivity contribution in [3.63, 3.8) is 0 Å². The average Bonchev–Trinajstić information content (AvgIpc) is 2.90. The zero-order chi connectivity index (χ0) is 14.8. The lowest BCUT2D eigenvalue weighted by Gasteiger charge is -2.19. The SMILES string of the molecule is O=P(O)(O)C(NS(=O)(=O)c1cccs1)c1ccccc1. The smallest absolute Gasteiger partial charge is 0.323 e. The largest absolute Gasteiger partial charge is 0.347 e. The van der Waals surface area contributed by atoms with Gasteiger partial charge in [0, 0.05) is 0 Å². The Morgan fingerprint density at radius 3 is 2.25 bits per heavy atom. The molecule has 0 spiro atoms. The van der Waals surface area contributed by atoms with Gasteiger partial charge in [0.25, 0.3) is 10.0 Å². The average molecular weight is 333 g/mol. The molecule has 2 rings (SSSR count). The van der Waals surface area contributed by atoms with Gasteiger partial charge in [0.15, 0.2) is 0 Å². The van der Waals surface area contributed by atoms with Crippen molar-refractivity contribution in [2.75, 3.05) is 0 Å². The summed E-state index contributed by atoms with van der Waals surface area (Å²) in [5, 5.41) is 1.57. The van der Waals surface area contributed by atoms with Gasteiger partial charge in [-0.1, -0.05) is 36.4 Å². The third kappa shape index (κ3) is 3.54. The molecule has 6 nitrogen and oxygen atoms in total. The first kappa shape index (κ1) is 15.4. The highest BCUT2D eigenvalue weighted by Crippen LogP contribution is 2.50. The van der Waals surface area contributed by atoms with E-state index in [0.29, 0.717) is 0 Å². The van der Waals surface area contributed by atoms with Crippen LogP contribution < -0.4 is 4.72 Å². The maximum Gasteiger partial charge on any atom is 0.347 e. The van der Waals surface area contributed by atoms with E-state index in [2.05, 4.69) is 4.72 Å². The van der Waals surface area contributed by atoms with Crippen LogP contribution in [0.3, 0.4) is 0 Å². The minimum Gasteiger partial charge on any atom is -0.323 e. The summed E-state index contributed by atoms with van der Waals surface area (Å²) in [6.45, 7) is 0. The van der Waals surface area contributed by atoms with Crippen LogP contribution in [0.15, 0.2) is 52.1 Å². The van der Waals surface area contributed by atoms with E-state index in [1.165, 1.54) is 18.2 Å². The molecule has 0 saturated carbocycles. The summed E-state index contributed by atoms with van der Waals surface area (Å²) in [7, 11) is -8.65. The molecule has 0 fully saturated rings. The molecule has 0 aliphatic carbocycles. The van der Waals surface area contributed by atoms with Crippen LogP contribution in [0.2, 0.25) is 0 Å². The van der Waals surface area contributed by atoms with E-state index in [1.54, 1.807) is 29.6 Å². The normalized spacial score (nSPS) is 14.1. The summed E-state index contributed by atoms with van der Waals surface area (Å²) in [5.74, 6) is -1.60. The lowest BCUT2D eigenvalue weighted by atomic mass is 10.2. The Kier molecular flexibility index (Phi) is 4.43. The molecule has 1 unspecified atom stereocenters. The van der Waals surface area contributed by atoms with Gasteiger partial charge in [0.05, 0.1) is 0 Å². The molecule has 0 amide bonds. The second-order valence-corrected chi connectivity index (χ2v) is 8.54. The van der Waals surface area contributed by atoms with Crippen LogP contribution in [-0.4, -0.2) is 18.2 Å². The van der Waals surface area contributed by atoms with E-state index in [9.17, 15) is 22.8 Å². The fourth-order valence-electron chi connectivity index (χ4n) is 1.59. The van der Waals surface area contributed by atoms with Crippen LogP contribution in [0.5, 0.6) is 0 Å². The Bertz CT molecular complexity index is 709. The predicted molar refractivity (Wildman–Crippen MR) is 75.9 cm³/mol. The molecule has 20 heavy (non-hydrogen) atoms. The standard InChI is InChI=1S/C11H12NO5PS2/c13-18(14,15)11(9-5-2-1-3-6-9)12-20(16,17)10-7-4-8-19-10/h1-8,11-12H,(H2,13,14,15). The van der Waals surface area contributed by atoms with Crippen molar-refractivity contribution in [3.8, 4) is 0 Å². The molecule has 0 radical (unpaired) electrons. The fraction of sp³-hybridized carbons (Fsp3) is 0.0909.